The zero-order valence-electron chi connectivity index (χ0n) is 11.3. The molecule has 4 nitrogen and oxygen atoms in total. The molecule has 0 saturated heterocycles. The third kappa shape index (κ3) is 3.77. The molecular weight excluding hydrogens is 376 g/mol. The van der Waals surface area contributed by atoms with E-state index in [4.69, 9.17) is 17.3 Å². The molecule has 2 aromatic rings. The van der Waals surface area contributed by atoms with Gasteiger partial charge in [0.15, 0.2) is 0 Å². The van der Waals surface area contributed by atoms with E-state index in [2.05, 4.69) is 15.9 Å². The molecule has 7 heteroatoms. The molecule has 0 amide bonds. The lowest BCUT2D eigenvalue weighted by Crippen LogP contribution is -2.26. The van der Waals surface area contributed by atoms with Gasteiger partial charge in [0.25, 0.3) is 0 Å². The van der Waals surface area contributed by atoms with Crippen molar-refractivity contribution in [3.05, 3.63) is 57.5 Å². The van der Waals surface area contributed by atoms with Gasteiger partial charge in [-0.25, -0.2) is 8.42 Å². The average molecular weight is 390 g/mol. The van der Waals surface area contributed by atoms with Gasteiger partial charge in [-0.1, -0.05) is 23.7 Å². The molecule has 0 aliphatic heterocycles. The van der Waals surface area contributed by atoms with Crippen molar-refractivity contribution in [2.45, 2.75) is 11.4 Å². The zero-order chi connectivity index (χ0) is 15.6. The molecule has 0 fully saturated rings. The highest BCUT2D eigenvalue weighted by atomic mass is 79.9. The SMILES string of the molecule is CN(Cc1cccc(Cl)c1)S(=O)(=O)c1ccc(Br)c(N)c1. The molecule has 2 N–H and O–H groups in total. The number of nitrogen functional groups attached to an aromatic ring is 1. The summed E-state index contributed by atoms with van der Waals surface area (Å²) in [5, 5.41) is 0.575. The molecule has 2 rings (SSSR count). The summed E-state index contributed by atoms with van der Waals surface area (Å²) in [5.41, 5.74) is 6.94. The number of hydrogen-bond donors (Lipinski definition) is 1. The van der Waals surface area contributed by atoms with Crippen molar-refractivity contribution in [2.75, 3.05) is 12.8 Å². The van der Waals surface area contributed by atoms with Crippen LogP contribution in [0.4, 0.5) is 5.69 Å². The topological polar surface area (TPSA) is 63.4 Å². The van der Waals surface area contributed by atoms with Crippen molar-refractivity contribution < 1.29 is 8.42 Å². The molecule has 112 valence electrons. The van der Waals surface area contributed by atoms with Gasteiger partial charge in [-0.2, -0.15) is 4.31 Å². The largest absolute Gasteiger partial charge is 0.398 e. The standard InChI is InChI=1S/C14H14BrClN2O2S/c1-18(9-10-3-2-4-11(16)7-10)21(19,20)12-5-6-13(15)14(17)8-12/h2-8H,9,17H2,1H3. The lowest BCUT2D eigenvalue weighted by atomic mass is 10.2. The average Bonchev–Trinajstić information content (AvgIpc) is 2.41. The highest BCUT2D eigenvalue weighted by molar-refractivity contribution is 9.10. The molecule has 0 unspecified atom stereocenters. The van der Waals surface area contributed by atoms with E-state index in [0.29, 0.717) is 15.2 Å². The van der Waals surface area contributed by atoms with Crippen LogP contribution in [0.3, 0.4) is 0 Å². The highest BCUT2D eigenvalue weighted by Crippen LogP contribution is 2.25. The number of nitrogens with two attached hydrogens (primary N) is 1. The summed E-state index contributed by atoms with van der Waals surface area (Å²) in [5.74, 6) is 0. The van der Waals surface area contributed by atoms with Crippen LogP contribution in [-0.2, 0) is 16.6 Å². The van der Waals surface area contributed by atoms with Crippen molar-refractivity contribution in [3.8, 4) is 0 Å². The first kappa shape index (κ1) is 16.3. The fourth-order valence-electron chi connectivity index (χ4n) is 1.84. The molecule has 0 aliphatic carbocycles. The van der Waals surface area contributed by atoms with Gasteiger partial charge in [0.2, 0.25) is 10.0 Å². The number of nitrogens with zero attached hydrogens (tertiary/aromatic N) is 1. The summed E-state index contributed by atoms with van der Waals surface area (Å²) in [7, 11) is -2.08. The van der Waals surface area contributed by atoms with Crippen molar-refractivity contribution >= 4 is 43.2 Å². The van der Waals surface area contributed by atoms with E-state index in [-0.39, 0.29) is 11.4 Å². The minimum absolute atomic E-state index is 0.160. The Hall–Kier alpha value is -1.08. The van der Waals surface area contributed by atoms with Crippen LogP contribution in [0, 0.1) is 0 Å². The van der Waals surface area contributed by atoms with Gasteiger partial charge in [0.1, 0.15) is 0 Å². The smallest absolute Gasteiger partial charge is 0.243 e. The molecule has 0 spiro atoms. The number of sulfonamides is 1. The van der Waals surface area contributed by atoms with Gasteiger partial charge in [0, 0.05) is 28.8 Å². The van der Waals surface area contributed by atoms with Crippen LogP contribution in [-0.4, -0.2) is 19.8 Å². The maximum Gasteiger partial charge on any atom is 0.243 e. The summed E-state index contributed by atoms with van der Waals surface area (Å²) in [6.45, 7) is 0.235. The normalized spacial score (nSPS) is 11.8. The molecular formula is C14H14BrClN2O2S. The molecule has 0 atom stereocenters. The molecule has 0 bridgehead atoms. The van der Waals surface area contributed by atoms with Gasteiger partial charge in [0.05, 0.1) is 4.90 Å². The van der Waals surface area contributed by atoms with Crippen molar-refractivity contribution in [1.82, 2.24) is 4.31 Å². The predicted molar refractivity (Wildman–Crippen MR) is 88.7 cm³/mol. The summed E-state index contributed by atoms with van der Waals surface area (Å²) in [6, 6.07) is 11.7. The van der Waals surface area contributed by atoms with E-state index in [1.165, 1.54) is 23.5 Å². The molecule has 0 heterocycles. The van der Waals surface area contributed by atoms with E-state index in [0.717, 1.165) is 5.56 Å². The van der Waals surface area contributed by atoms with Gasteiger partial charge in [-0.3, -0.25) is 0 Å². The second kappa shape index (κ2) is 6.36. The van der Waals surface area contributed by atoms with E-state index in [9.17, 15) is 8.42 Å². The second-order valence-electron chi connectivity index (χ2n) is 4.57. The van der Waals surface area contributed by atoms with Gasteiger partial charge < -0.3 is 5.73 Å². The summed E-state index contributed by atoms with van der Waals surface area (Å²) >= 11 is 9.15. The molecule has 0 aliphatic rings. The third-order valence-electron chi connectivity index (χ3n) is 2.97. The first-order chi connectivity index (χ1) is 9.80. The maximum absolute atomic E-state index is 12.5. The lowest BCUT2D eigenvalue weighted by Gasteiger charge is -2.18. The minimum atomic E-state index is -3.60. The van der Waals surface area contributed by atoms with Gasteiger partial charge >= 0.3 is 0 Å². The Bertz CT molecular complexity index is 765. The Kier molecular flexibility index (Phi) is 4.93. The number of hydrogen-bond acceptors (Lipinski definition) is 3. The van der Waals surface area contributed by atoms with E-state index >= 15 is 0 Å². The Morgan fingerprint density at radius 1 is 1.24 bits per heavy atom. The predicted octanol–water partition coefficient (Wildman–Crippen LogP) is 3.51. The van der Waals surface area contributed by atoms with E-state index in [1.54, 1.807) is 24.3 Å². The van der Waals surface area contributed by atoms with Gasteiger partial charge in [-0.15, -0.1) is 0 Å². The third-order valence-corrected chi connectivity index (χ3v) is 5.73. The molecule has 2 aromatic carbocycles. The second-order valence-corrected chi connectivity index (χ2v) is 7.91. The number of halogens is 2. The summed E-state index contributed by atoms with van der Waals surface area (Å²) < 4.78 is 26.9. The maximum atomic E-state index is 12.5. The lowest BCUT2D eigenvalue weighted by molar-refractivity contribution is 0.467. The minimum Gasteiger partial charge on any atom is -0.398 e. The van der Waals surface area contributed by atoms with Crippen LogP contribution in [0.1, 0.15) is 5.56 Å². The first-order valence-corrected chi connectivity index (χ1v) is 8.67. The Balaban J connectivity index is 2.28. The van der Waals surface area contributed by atoms with Crippen LogP contribution in [0.2, 0.25) is 5.02 Å². The van der Waals surface area contributed by atoms with Crippen molar-refractivity contribution in [3.63, 3.8) is 0 Å². The quantitative estimate of drug-likeness (QED) is 0.814. The van der Waals surface area contributed by atoms with Crippen molar-refractivity contribution in [1.29, 1.82) is 0 Å². The number of benzene rings is 2. The van der Waals surface area contributed by atoms with Crippen LogP contribution < -0.4 is 5.73 Å². The van der Waals surface area contributed by atoms with Crippen LogP contribution in [0.15, 0.2) is 51.8 Å². The summed E-state index contributed by atoms with van der Waals surface area (Å²) in [6.07, 6.45) is 0. The van der Waals surface area contributed by atoms with E-state index < -0.39 is 10.0 Å². The van der Waals surface area contributed by atoms with Crippen LogP contribution in [0.5, 0.6) is 0 Å². The van der Waals surface area contributed by atoms with Crippen molar-refractivity contribution in [2.24, 2.45) is 0 Å². The fraction of sp³-hybridized carbons (Fsp3) is 0.143. The monoisotopic (exact) mass is 388 g/mol. The van der Waals surface area contributed by atoms with E-state index in [1.807, 2.05) is 6.07 Å². The molecule has 0 aromatic heterocycles. The highest BCUT2D eigenvalue weighted by Gasteiger charge is 2.21. The Morgan fingerprint density at radius 2 is 1.95 bits per heavy atom. The summed E-state index contributed by atoms with van der Waals surface area (Å²) in [4.78, 5) is 0.160. The Labute approximate surface area is 137 Å². The molecule has 0 saturated carbocycles. The van der Waals surface area contributed by atoms with Gasteiger partial charge in [-0.05, 0) is 51.8 Å². The fourth-order valence-corrected chi connectivity index (χ4v) is 3.49. The number of anilines is 1. The molecule has 0 radical (unpaired) electrons. The first-order valence-electron chi connectivity index (χ1n) is 6.06. The Morgan fingerprint density at radius 3 is 2.57 bits per heavy atom. The number of rotatable bonds is 4. The zero-order valence-corrected chi connectivity index (χ0v) is 14.4. The molecule has 21 heavy (non-hydrogen) atoms. The van der Waals surface area contributed by atoms with Crippen LogP contribution >= 0.6 is 27.5 Å². The van der Waals surface area contributed by atoms with Crippen LogP contribution in [0.25, 0.3) is 0 Å².